The van der Waals surface area contributed by atoms with E-state index in [1.165, 1.54) is 26.4 Å². The molecule has 1 saturated carbocycles. The van der Waals surface area contributed by atoms with E-state index in [1.807, 2.05) is 0 Å². The van der Waals surface area contributed by atoms with Gasteiger partial charge in [0.25, 0.3) is 5.91 Å². The molecule has 0 spiro atoms. The van der Waals surface area contributed by atoms with Gasteiger partial charge in [-0.15, -0.1) is 0 Å². The Balaban J connectivity index is 2.03. The standard InChI is InChI=1S/C15H22N2O3/c1-19-11-8-12(14(16)13(9-11)20-2)15(18)17-7-6-10-4-3-5-10/h8-10H,3-7,16H2,1-2H3,(H,17,18). The van der Waals surface area contributed by atoms with Crippen LogP contribution in [0.3, 0.4) is 0 Å². The zero-order valence-electron chi connectivity index (χ0n) is 12.1. The summed E-state index contributed by atoms with van der Waals surface area (Å²) in [4.78, 5) is 12.2. The molecule has 110 valence electrons. The van der Waals surface area contributed by atoms with Gasteiger partial charge in [-0.2, -0.15) is 0 Å². The molecule has 1 aliphatic carbocycles. The van der Waals surface area contributed by atoms with Gasteiger partial charge in [-0.05, 0) is 18.4 Å². The Morgan fingerprint density at radius 2 is 2.10 bits per heavy atom. The molecule has 0 atom stereocenters. The van der Waals surface area contributed by atoms with Crippen molar-refractivity contribution in [1.29, 1.82) is 0 Å². The second-order valence-electron chi connectivity index (χ2n) is 5.13. The molecule has 1 aliphatic rings. The topological polar surface area (TPSA) is 73.6 Å². The van der Waals surface area contributed by atoms with Crippen LogP contribution in [0.4, 0.5) is 5.69 Å². The maximum atomic E-state index is 12.2. The smallest absolute Gasteiger partial charge is 0.253 e. The highest BCUT2D eigenvalue weighted by Gasteiger charge is 2.19. The molecule has 1 fully saturated rings. The number of methoxy groups -OCH3 is 2. The Labute approximate surface area is 119 Å². The first-order valence-electron chi connectivity index (χ1n) is 6.95. The third-order valence-electron chi connectivity index (χ3n) is 3.88. The van der Waals surface area contributed by atoms with Gasteiger partial charge in [0.1, 0.15) is 11.5 Å². The van der Waals surface area contributed by atoms with E-state index in [2.05, 4.69) is 5.32 Å². The van der Waals surface area contributed by atoms with Crippen molar-refractivity contribution < 1.29 is 14.3 Å². The van der Waals surface area contributed by atoms with Crippen molar-refractivity contribution in [2.75, 3.05) is 26.5 Å². The van der Waals surface area contributed by atoms with Crippen LogP contribution >= 0.6 is 0 Å². The number of benzene rings is 1. The Morgan fingerprint density at radius 1 is 1.35 bits per heavy atom. The summed E-state index contributed by atoms with van der Waals surface area (Å²) in [6, 6.07) is 3.30. The van der Waals surface area contributed by atoms with E-state index in [0.717, 1.165) is 12.3 Å². The summed E-state index contributed by atoms with van der Waals surface area (Å²) in [5, 5.41) is 2.91. The number of nitrogens with one attached hydrogen (secondary N) is 1. The molecular weight excluding hydrogens is 256 g/mol. The number of amides is 1. The molecule has 1 aromatic carbocycles. The lowest BCUT2D eigenvalue weighted by Crippen LogP contribution is -2.28. The second-order valence-corrected chi connectivity index (χ2v) is 5.13. The minimum atomic E-state index is -0.181. The van der Waals surface area contributed by atoms with Crippen LogP contribution in [-0.4, -0.2) is 26.7 Å². The van der Waals surface area contributed by atoms with Crippen molar-refractivity contribution in [2.24, 2.45) is 5.92 Å². The molecule has 0 aromatic heterocycles. The van der Waals surface area contributed by atoms with E-state index in [1.54, 1.807) is 19.2 Å². The SMILES string of the molecule is COc1cc(OC)c(N)c(C(=O)NCCC2CCC2)c1. The third kappa shape index (κ3) is 3.15. The summed E-state index contributed by atoms with van der Waals surface area (Å²) in [6.07, 6.45) is 4.92. The molecule has 0 saturated heterocycles. The van der Waals surface area contributed by atoms with Crippen molar-refractivity contribution in [2.45, 2.75) is 25.7 Å². The molecule has 5 heteroatoms. The van der Waals surface area contributed by atoms with Crippen molar-refractivity contribution in [3.63, 3.8) is 0 Å². The number of rotatable bonds is 6. The fourth-order valence-corrected chi connectivity index (χ4v) is 2.34. The highest BCUT2D eigenvalue weighted by Crippen LogP contribution is 2.31. The number of hydrogen-bond acceptors (Lipinski definition) is 4. The number of nitrogens with two attached hydrogens (primary N) is 1. The van der Waals surface area contributed by atoms with Crippen LogP contribution in [-0.2, 0) is 0 Å². The Hall–Kier alpha value is -1.91. The fraction of sp³-hybridized carbons (Fsp3) is 0.533. The van der Waals surface area contributed by atoms with Crippen LogP contribution in [0, 0.1) is 5.92 Å². The predicted octanol–water partition coefficient (Wildman–Crippen LogP) is 2.21. The minimum absolute atomic E-state index is 0.181. The Bertz CT molecular complexity index is 484. The maximum absolute atomic E-state index is 12.2. The van der Waals surface area contributed by atoms with Gasteiger partial charge < -0.3 is 20.5 Å². The molecule has 1 aromatic rings. The third-order valence-corrected chi connectivity index (χ3v) is 3.88. The quantitative estimate of drug-likeness (QED) is 0.782. The number of hydrogen-bond donors (Lipinski definition) is 2. The highest BCUT2D eigenvalue weighted by atomic mass is 16.5. The minimum Gasteiger partial charge on any atom is -0.497 e. The van der Waals surface area contributed by atoms with Crippen LogP contribution in [0.15, 0.2) is 12.1 Å². The first-order chi connectivity index (χ1) is 9.65. The van der Waals surface area contributed by atoms with E-state index in [-0.39, 0.29) is 5.91 Å². The van der Waals surface area contributed by atoms with Crippen LogP contribution in [0.25, 0.3) is 0 Å². The number of carbonyl (C=O) groups excluding carboxylic acids is 1. The van der Waals surface area contributed by atoms with Gasteiger partial charge in [0, 0.05) is 12.6 Å². The summed E-state index contributed by atoms with van der Waals surface area (Å²) in [6.45, 7) is 0.683. The zero-order valence-corrected chi connectivity index (χ0v) is 12.1. The lowest BCUT2D eigenvalue weighted by atomic mass is 9.83. The average Bonchev–Trinajstić information content (AvgIpc) is 2.41. The molecular formula is C15H22N2O3. The molecule has 5 nitrogen and oxygen atoms in total. The van der Waals surface area contributed by atoms with Crippen molar-refractivity contribution in [3.05, 3.63) is 17.7 Å². The Morgan fingerprint density at radius 3 is 2.65 bits per heavy atom. The van der Waals surface area contributed by atoms with Gasteiger partial charge in [0.2, 0.25) is 0 Å². The van der Waals surface area contributed by atoms with Gasteiger partial charge in [-0.25, -0.2) is 0 Å². The molecule has 0 radical (unpaired) electrons. The normalized spacial score (nSPS) is 14.5. The summed E-state index contributed by atoms with van der Waals surface area (Å²) in [7, 11) is 3.06. The molecule has 0 aliphatic heterocycles. The van der Waals surface area contributed by atoms with Gasteiger partial charge in [0.15, 0.2) is 0 Å². The fourth-order valence-electron chi connectivity index (χ4n) is 2.34. The molecule has 0 bridgehead atoms. The van der Waals surface area contributed by atoms with Crippen LogP contribution in [0.1, 0.15) is 36.0 Å². The summed E-state index contributed by atoms with van der Waals surface area (Å²) < 4.78 is 10.3. The van der Waals surface area contributed by atoms with E-state index >= 15 is 0 Å². The predicted molar refractivity (Wildman–Crippen MR) is 78.2 cm³/mol. The molecule has 0 heterocycles. The largest absolute Gasteiger partial charge is 0.497 e. The lowest BCUT2D eigenvalue weighted by Gasteiger charge is -2.25. The van der Waals surface area contributed by atoms with Gasteiger partial charge in [-0.3, -0.25) is 4.79 Å². The van der Waals surface area contributed by atoms with E-state index in [9.17, 15) is 4.79 Å². The zero-order chi connectivity index (χ0) is 14.5. The summed E-state index contributed by atoms with van der Waals surface area (Å²) in [5.41, 5.74) is 6.69. The van der Waals surface area contributed by atoms with E-state index < -0.39 is 0 Å². The molecule has 20 heavy (non-hydrogen) atoms. The van der Waals surface area contributed by atoms with E-state index in [0.29, 0.717) is 29.3 Å². The van der Waals surface area contributed by atoms with Crippen molar-refractivity contribution in [1.82, 2.24) is 5.32 Å². The molecule has 2 rings (SSSR count). The van der Waals surface area contributed by atoms with Crippen LogP contribution in [0.2, 0.25) is 0 Å². The summed E-state index contributed by atoms with van der Waals surface area (Å²) in [5.74, 6) is 1.60. The van der Waals surface area contributed by atoms with Gasteiger partial charge in [-0.1, -0.05) is 19.3 Å². The average molecular weight is 278 g/mol. The van der Waals surface area contributed by atoms with Gasteiger partial charge in [0.05, 0.1) is 25.5 Å². The van der Waals surface area contributed by atoms with Crippen LogP contribution in [0.5, 0.6) is 11.5 Å². The summed E-state index contributed by atoms with van der Waals surface area (Å²) >= 11 is 0. The first-order valence-corrected chi connectivity index (χ1v) is 6.95. The molecule has 1 amide bonds. The first kappa shape index (κ1) is 14.5. The number of ether oxygens (including phenoxy) is 2. The monoisotopic (exact) mass is 278 g/mol. The van der Waals surface area contributed by atoms with Crippen molar-refractivity contribution in [3.8, 4) is 11.5 Å². The van der Waals surface area contributed by atoms with E-state index in [4.69, 9.17) is 15.2 Å². The second kappa shape index (κ2) is 6.50. The Kier molecular flexibility index (Phi) is 4.71. The number of anilines is 1. The maximum Gasteiger partial charge on any atom is 0.253 e. The lowest BCUT2D eigenvalue weighted by molar-refractivity contribution is 0.0949. The van der Waals surface area contributed by atoms with Gasteiger partial charge >= 0.3 is 0 Å². The highest BCUT2D eigenvalue weighted by molar-refractivity contribution is 6.00. The van der Waals surface area contributed by atoms with Crippen LogP contribution < -0.4 is 20.5 Å². The molecule has 3 N–H and O–H groups in total. The number of nitrogen functional groups attached to an aromatic ring is 1. The molecule has 0 unspecified atom stereocenters. The van der Waals surface area contributed by atoms with Crippen molar-refractivity contribution >= 4 is 11.6 Å². The number of carbonyl (C=O) groups is 1.